The molecule has 1 atom stereocenters. The lowest BCUT2D eigenvalue weighted by molar-refractivity contribution is -0.129. The Balaban J connectivity index is 2.97. The number of hydrogen-bond acceptors (Lipinski definition) is 5. The Morgan fingerprint density at radius 3 is 2.04 bits per heavy atom. The van der Waals surface area contributed by atoms with Crippen molar-refractivity contribution in [3.63, 3.8) is 0 Å². The highest BCUT2D eigenvalue weighted by Crippen LogP contribution is 2.17. The summed E-state index contributed by atoms with van der Waals surface area (Å²) < 4.78 is 10.1. The SMILES string of the molecule is COC(=O)N1CCN(C(=O)OC(C)(C)C)[C@H](C(=O)NC(C)(C)C)C1. The van der Waals surface area contributed by atoms with Gasteiger partial charge in [-0.1, -0.05) is 0 Å². The highest BCUT2D eigenvalue weighted by atomic mass is 16.6. The molecule has 1 fully saturated rings. The summed E-state index contributed by atoms with van der Waals surface area (Å²) in [5, 5.41) is 2.85. The van der Waals surface area contributed by atoms with Gasteiger partial charge in [-0.15, -0.1) is 0 Å². The van der Waals surface area contributed by atoms with E-state index in [2.05, 4.69) is 5.32 Å². The predicted molar refractivity (Wildman–Crippen MR) is 88.6 cm³/mol. The smallest absolute Gasteiger partial charge is 0.411 e. The summed E-state index contributed by atoms with van der Waals surface area (Å²) in [6.45, 7) is 11.4. The third-order valence-electron chi connectivity index (χ3n) is 3.24. The molecule has 0 unspecified atom stereocenters. The van der Waals surface area contributed by atoms with Gasteiger partial charge in [0, 0.05) is 18.6 Å². The Hall–Kier alpha value is -1.99. The topological polar surface area (TPSA) is 88.2 Å². The zero-order valence-corrected chi connectivity index (χ0v) is 15.6. The molecule has 0 radical (unpaired) electrons. The second-order valence-electron chi connectivity index (χ2n) is 7.84. The minimum absolute atomic E-state index is 0.0633. The maximum Gasteiger partial charge on any atom is 0.411 e. The summed E-state index contributed by atoms with van der Waals surface area (Å²) in [5.74, 6) is -0.332. The molecule has 8 heteroatoms. The first-order valence-electron chi connectivity index (χ1n) is 7.98. The molecule has 0 aromatic heterocycles. The fourth-order valence-corrected chi connectivity index (χ4v) is 2.29. The van der Waals surface area contributed by atoms with Crippen molar-refractivity contribution in [3.8, 4) is 0 Å². The Labute approximate surface area is 143 Å². The van der Waals surface area contributed by atoms with Crippen LogP contribution in [0.15, 0.2) is 0 Å². The third-order valence-corrected chi connectivity index (χ3v) is 3.24. The van der Waals surface area contributed by atoms with Gasteiger partial charge in [0.15, 0.2) is 0 Å². The van der Waals surface area contributed by atoms with Gasteiger partial charge in [0.25, 0.3) is 0 Å². The van der Waals surface area contributed by atoms with Crippen LogP contribution in [0.25, 0.3) is 0 Å². The molecule has 0 aromatic rings. The van der Waals surface area contributed by atoms with Crippen molar-refractivity contribution in [2.75, 3.05) is 26.7 Å². The molecule has 0 spiro atoms. The highest BCUT2D eigenvalue weighted by molar-refractivity contribution is 5.87. The van der Waals surface area contributed by atoms with E-state index in [0.29, 0.717) is 0 Å². The van der Waals surface area contributed by atoms with Gasteiger partial charge in [-0.3, -0.25) is 9.69 Å². The number of piperazine rings is 1. The van der Waals surface area contributed by atoms with Crippen molar-refractivity contribution in [2.45, 2.75) is 58.7 Å². The molecule has 138 valence electrons. The number of nitrogens with zero attached hydrogens (tertiary/aromatic N) is 2. The summed E-state index contributed by atoms with van der Waals surface area (Å²) in [4.78, 5) is 39.6. The molecule has 8 nitrogen and oxygen atoms in total. The number of nitrogens with one attached hydrogen (secondary N) is 1. The number of carbonyl (C=O) groups is 3. The van der Waals surface area contributed by atoms with Crippen LogP contribution in [0.1, 0.15) is 41.5 Å². The first-order valence-corrected chi connectivity index (χ1v) is 7.98. The van der Waals surface area contributed by atoms with Crippen LogP contribution in [0.2, 0.25) is 0 Å². The van der Waals surface area contributed by atoms with Crippen LogP contribution in [0.5, 0.6) is 0 Å². The Kier molecular flexibility index (Phi) is 6.08. The lowest BCUT2D eigenvalue weighted by atomic mass is 10.1. The van der Waals surface area contributed by atoms with E-state index < -0.39 is 29.4 Å². The van der Waals surface area contributed by atoms with E-state index in [1.807, 2.05) is 20.8 Å². The van der Waals surface area contributed by atoms with Crippen LogP contribution < -0.4 is 5.32 Å². The van der Waals surface area contributed by atoms with Gasteiger partial charge in [-0.05, 0) is 41.5 Å². The van der Waals surface area contributed by atoms with E-state index in [9.17, 15) is 14.4 Å². The largest absolute Gasteiger partial charge is 0.453 e. The number of carbonyl (C=O) groups excluding carboxylic acids is 3. The van der Waals surface area contributed by atoms with Gasteiger partial charge in [0.2, 0.25) is 5.91 Å². The summed E-state index contributed by atoms with van der Waals surface area (Å²) in [7, 11) is 1.28. The number of hydrogen-bond donors (Lipinski definition) is 1. The van der Waals surface area contributed by atoms with E-state index in [0.717, 1.165) is 0 Å². The molecule has 1 aliphatic heterocycles. The predicted octanol–water partition coefficient (Wildman–Crippen LogP) is 1.59. The fraction of sp³-hybridized carbons (Fsp3) is 0.812. The van der Waals surface area contributed by atoms with E-state index in [1.165, 1.54) is 16.9 Å². The number of amides is 3. The second-order valence-corrected chi connectivity index (χ2v) is 7.84. The third kappa shape index (κ3) is 5.90. The van der Waals surface area contributed by atoms with Crippen molar-refractivity contribution in [1.29, 1.82) is 0 Å². The molecule has 1 saturated heterocycles. The molecule has 1 rings (SSSR count). The lowest BCUT2D eigenvalue weighted by Crippen LogP contribution is -2.63. The molecule has 1 aliphatic rings. The summed E-state index contributed by atoms with van der Waals surface area (Å²) in [5.41, 5.74) is -1.12. The number of rotatable bonds is 1. The fourth-order valence-electron chi connectivity index (χ4n) is 2.29. The summed E-state index contributed by atoms with van der Waals surface area (Å²) >= 11 is 0. The highest BCUT2D eigenvalue weighted by Gasteiger charge is 2.40. The molecule has 1 heterocycles. The van der Waals surface area contributed by atoms with Gasteiger partial charge in [0.1, 0.15) is 11.6 Å². The zero-order chi connectivity index (χ0) is 18.7. The first-order chi connectivity index (χ1) is 10.8. The normalized spacial score (nSPS) is 18.9. The van der Waals surface area contributed by atoms with Crippen LogP contribution >= 0.6 is 0 Å². The van der Waals surface area contributed by atoms with Crippen LogP contribution in [0, 0.1) is 0 Å². The minimum atomic E-state index is -0.827. The summed E-state index contributed by atoms with van der Waals surface area (Å²) in [6.07, 6.45) is -1.09. The Bertz CT molecular complexity index is 493. The average Bonchev–Trinajstić information content (AvgIpc) is 2.42. The first kappa shape index (κ1) is 20.1. The van der Waals surface area contributed by atoms with Crippen molar-refractivity contribution < 1.29 is 23.9 Å². The van der Waals surface area contributed by atoms with E-state index in [4.69, 9.17) is 9.47 Å². The minimum Gasteiger partial charge on any atom is -0.453 e. The van der Waals surface area contributed by atoms with Crippen LogP contribution in [0.4, 0.5) is 9.59 Å². The van der Waals surface area contributed by atoms with Gasteiger partial charge >= 0.3 is 12.2 Å². The van der Waals surface area contributed by atoms with Gasteiger partial charge < -0.3 is 19.7 Å². The molecular formula is C16H29N3O5. The molecule has 1 N–H and O–H groups in total. The van der Waals surface area contributed by atoms with Gasteiger partial charge in [0.05, 0.1) is 13.7 Å². The monoisotopic (exact) mass is 343 g/mol. The van der Waals surface area contributed by atoms with Crippen LogP contribution in [-0.2, 0) is 14.3 Å². The van der Waals surface area contributed by atoms with Gasteiger partial charge in [-0.2, -0.15) is 0 Å². The quantitative estimate of drug-likeness (QED) is 0.781. The molecule has 0 saturated carbocycles. The standard InChI is InChI=1S/C16H29N3O5/c1-15(2,3)17-12(20)11-10-18(13(21)23-7)8-9-19(11)14(22)24-16(4,5)6/h11H,8-10H2,1-7H3,(H,17,20)/t11-/m0/s1. The maximum atomic E-state index is 12.6. The Morgan fingerprint density at radius 2 is 1.58 bits per heavy atom. The lowest BCUT2D eigenvalue weighted by Gasteiger charge is -2.41. The molecule has 0 aliphatic carbocycles. The average molecular weight is 343 g/mol. The van der Waals surface area contributed by atoms with E-state index >= 15 is 0 Å². The second kappa shape index (κ2) is 7.27. The summed E-state index contributed by atoms with van der Waals surface area (Å²) in [6, 6.07) is -0.827. The Morgan fingerprint density at radius 1 is 1.00 bits per heavy atom. The van der Waals surface area contributed by atoms with Crippen molar-refractivity contribution in [2.24, 2.45) is 0 Å². The molecule has 24 heavy (non-hydrogen) atoms. The van der Waals surface area contributed by atoms with E-state index in [1.54, 1.807) is 20.8 Å². The maximum absolute atomic E-state index is 12.6. The van der Waals surface area contributed by atoms with Crippen molar-refractivity contribution in [1.82, 2.24) is 15.1 Å². The zero-order valence-electron chi connectivity index (χ0n) is 15.6. The van der Waals surface area contributed by atoms with Crippen LogP contribution in [0.3, 0.4) is 0 Å². The van der Waals surface area contributed by atoms with E-state index in [-0.39, 0.29) is 25.5 Å². The molecular weight excluding hydrogens is 314 g/mol. The van der Waals surface area contributed by atoms with Crippen LogP contribution in [-0.4, -0.2) is 71.8 Å². The number of methoxy groups -OCH3 is 1. The molecule has 3 amide bonds. The molecule has 0 bridgehead atoms. The van der Waals surface area contributed by atoms with Crippen molar-refractivity contribution >= 4 is 18.1 Å². The van der Waals surface area contributed by atoms with Gasteiger partial charge in [-0.25, -0.2) is 9.59 Å². The molecule has 0 aromatic carbocycles. The number of ether oxygens (including phenoxy) is 2. The van der Waals surface area contributed by atoms with Crippen molar-refractivity contribution in [3.05, 3.63) is 0 Å².